The van der Waals surface area contributed by atoms with Crippen molar-refractivity contribution in [1.82, 2.24) is 0 Å². The Morgan fingerprint density at radius 1 is 1.50 bits per heavy atom. The van der Waals surface area contributed by atoms with Crippen LogP contribution in [0.3, 0.4) is 0 Å². The summed E-state index contributed by atoms with van der Waals surface area (Å²) in [6.45, 7) is -0.183. The van der Waals surface area contributed by atoms with Crippen molar-refractivity contribution in [3.8, 4) is 0 Å². The van der Waals surface area contributed by atoms with Crippen LogP contribution < -0.4 is 0 Å². The van der Waals surface area contributed by atoms with E-state index in [4.69, 9.17) is 14.9 Å². The molecular formula is C6H12O4. The fourth-order valence-corrected chi connectivity index (χ4v) is 1.10. The minimum Gasteiger partial charge on any atom is -0.394 e. The van der Waals surface area contributed by atoms with Gasteiger partial charge in [0.15, 0.2) is 0 Å². The molecule has 1 heterocycles. The van der Waals surface area contributed by atoms with E-state index in [1.807, 2.05) is 0 Å². The Labute approximate surface area is 59.1 Å². The maximum absolute atomic E-state index is 9.42. The van der Waals surface area contributed by atoms with E-state index in [1.165, 1.54) is 0 Å². The van der Waals surface area contributed by atoms with E-state index in [-0.39, 0.29) is 13.2 Å². The lowest BCUT2D eigenvalue weighted by Crippen LogP contribution is -2.43. The van der Waals surface area contributed by atoms with Gasteiger partial charge >= 0.3 is 0 Å². The van der Waals surface area contributed by atoms with E-state index in [9.17, 15) is 5.11 Å². The highest BCUT2D eigenvalue weighted by Crippen LogP contribution is 2.24. The summed E-state index contributed by atoms with van der Waals surface area (Å²) in [5, 5.41) is 26.7. The first kappa shape index (κ1) is 7.94. The lowest BCUT2D eigenvalue weighted by molar-refractivity contribution is -0.0875. The van der Waals surface area contributed by atoms with Gasteiger partial charge < -0.3 is 20.1 Å². The highest BCUT2D eigenvalue weighted by Gasteiger charge is 2.41. The number of aliphatic hydroxyl groups excluding tert-OH is 2. The summed E-state index contributed by atoms with van der Waals surface area (Å²) < 4.78 is 4.95. The fourth-order valence-electron chi connectivity index (χ4n) is 1.10. The SMILES string of the molecule is OC[C@H]1OCC[C@@]1(O)CO. The van der Waals surface area contributed by atoms with Crippen molar-refractivity contribution in [3.63, 3.8) is 0 Å². The Bertz CT molecular complexity index is 116. The molecule has 1 fully saturated rings. The fraction of sp³-hybridized carbons (Fsp3) is 1.00. The van der Waals surface area contributed by atoms with E-state index < -0.39 is 11.7 Å². The predicted octanol–water partition coefficient (Wildman–Crippen LogP) is -1.51. The van der Waals surface area contributed by atoms with Crippen molar-refractivity contribution in [1.29, 1.82) is 0 Å². The van der Waals surface area contributed by atoms with Gasteiger partial charge in [-0.2, -0.15) is 0 Å². The Morgan fingerprint density at radius 2 is 2.20 bits per heavy atom. The Morgan fingerprint density at radius 3 is 2.60 bits per heavy atom. The van der Waals surface area contributed by atoms with Crippen molar-refractivity contribution in [2.45, 2.75) is 18.1 Å². The molecule has 0 spiro atoms. The number of ether oxygens (including phenoxy) is 1. The molecule has 4 heteroatoms. The monoisotopic (exact) mass is 148 g/mol. The molecule has 0 radical (unpaired) electrons. The zero-order valence-electron chi connectivity index (χ0n) is 5.66. The van der Waals surface area contributed by atoms with Gasteiger partial charge in [-0.15, -0.1) is 0 Å². The molecule has 1 aliphatic heterocycles. The number of rotatable bonds is 2. The molecule has 0 aromatic rings. The molecule has 3 N–H and O–H groups in total. The maximum atomic E-state index is 9.42. The third kappa shape index (κ3) is 1.15. The Kier molecular flexibility index (Phi) is 2.25. The molecule has 1 aliphatic rings. The summed E-state index contributed by atoms with van der Waals surface area (Å²) in [6.07, 6.45) is -0.216. The van der Waals surface area contributed by atoms with Gasteiger partial charge in [0, 0.05) is 6.42 Å². The van der Waals surface area contributed by atoms with Crippen LogP contribution in [0.25, 0.3) is 0 Å². The van der Waals surface area contributed by atoms with Crippen LogP contribution in [0.15, 0.2) is 0 Å². The molecule has 0 amide bonds. The van der Waals surface area contributed by atoms with Crippen LogP contribution in [0.5, 0.6) is 0 Å². The zero-order valence-corrected chi connectivity index (χ0v) is 5.66. The summed E-state index contributed by atoms with van der Waals surface area (Å²) in [5.74, 6) is 0. The van der Waals surface area contributed by atoms with Crippen molar-refractivity contribution in [3.05, 3.63) is 0 Å². The van der Waals surface area contributed by atoms with Crippen molar-refractivity contribution >= 4 is 0 Å². The van der Waals surface area contributed by atoms with Gasteiger partial charge in [0.1, 0.15) is 11.7 Å². The highest BCUT2D eigenvalue weighted by atomic mass is 16.5. The minimum atomic E-state index is -1.21. The van der Waals surface area contributed by atoms with E-state index >= 15 is 0 Å². The minimum absolute atomic E-state index is 0.239. The topological polar surface area (TPSA) is 69.9 Å². The first-order valence-electron chi connectivity index (χ1n) is 3.28. The first-order valence-corrected chi connectivity index (χ1v) is 3.28. The van der Waals surface area contributed by atoms with E-state index in [0.29, 0.717) is 13.0 Å². The molecule has 0 unspecified atom stereocenters. The van der Waals surface area contributed by atoms with E-state index in [0.717, 1.165) is 0 Å². The van der Waals surface area contributed by atoms with Crippen LogP contribution in [0.2, 0.25) is 0 Å². The lowest BCUT2D eigenvalue weighted by atomic mass is 9.97. The third-order valence-corrected chi connectivity index (χ3v) is 1.89. The first-order chi connectivity index (χ1) is 4.73. The molecule has 0 aromatic heterocycles. The number of hydrogen-bond acceptors (Lipinski definition) is 4. The Hall–Kier alpha value is -0.160. The van der Waals surface area contributed by atoms with Crippen LogP contribution in [0.4, 0.5) is 0 Å². The molecule has 60 valence electrons. The number of aliphatic hydroxyl groups is 3. The van der Waals surface area contributed by atoms with Crippen LogP contribution >= 0.6 is 0 Å². The average Bonchev–Trinajstić information content (AvgIpc) is 2.32. The van der Waals surface area contributed by atoms with Crippen molar-refractivity contribution in [2.75, 3.05) is 19.8 Å². The molecule has 0 saturated carbocycles. The third-order valence-electron chi connectivity index (χ3n) is 1.89. The molecular weight excluding hydrogens is 136 g/mol. The highest BCUT2D eigenvalue weighted by molar-refractivity contribution is 4.91. The smallest absolute Gasteiger partial charge is 0.118 e. The van der Waals surface area contributed by atoms with Crippen LogP contribution in [-0.2, 0) is 4.74 Å². The molecule has 0 aromatic carbocycles. The largest absolute Gasteiger partial charge is 0.394 e. The molecule has 1 rings (SSSR count). The quantitative estimate of drug-likeness (QED) is 0.445. The van der Waals surface area contributed by atoms with Gasteiger partial charge in [-0.25, -0.2) is 0 Å². The Balaban J connectivity index is 2.56. The normalized spacial score (nSPS) is 40.5. The summed E-state index contributed by atoms with van der Waals surface area (Å²) >= 11 is 0. The van der Waals surface area contributed by atoms with Crippen LogP contribution in [-0.4, -0.2) is 46.8 Å². The van der Waals surface area contributed by atoms with Gasteiger partial charge in [-0.1, -0.05) is 0 Å². The van der Waals surface area contributed by atoms with Crippen molar-refractivity contribution < 1.29 is 20.1 Å². The molecule has 4 nitrogen and oxygen atoms in total. The second-order valence-electron chi connectivity index (χ2n) is 2.55. The van der Waals surface area contributed by atoms with E-state index in [1.54, 1.807) is 0 Å². The summed E-state index contributed by atoms with van der Waals surface area (Å²) in [4.78, 5) is 0. The van der Waals surface area contributed by atoms with Crippen LogP contribution in [0, 0.1) is 0 Å². The molecule has 0 bridgehead atoms. The second-order valence-corrected chi connectivity index (χ2v) is 2.55. The predicted molar refractivity (Wildman–Crippen MR) is 33.5 cm³/mol. The maximum Gasteiger partial charge on any atom is 0.118 e. The average molecular weight is 148 g/mol. The standard InChI is InChI=1S/C6H12O4/c7-3-5-6(9,4-8)1-2-10-5/h5,7-9H,1-4H2/t5-,6-/m1/s1. The summed E-state index contributed by atoms with van der Waals surface area (Å²) in [5.41, 5.74) is -1.21. The van der Waals surface area contributed by atoms with Gasteiger partial charge in [0.25, 0.3) is 0 Å². The van der Waals surface area contributed by atoms with Crippen molar-refractivity contribution in [2.24, 2.45) is 0 Å². The van der Waals surface area contributed by atoms with E-state index in [2.05, 4.69) is 0 Å². The van der Waals surface area contributed by atoms with Crippen LogP contribution in [0.1, 0.15) is 6.42 Å². The van der Waals surface area contributed by atoms with Gasteiger partial charge in [-0.05, 0) is 0 Å². The molecule has 10 heavy (non-hydrogen) atoms. The lowest BCUT2D eigenvalue weighted by Gasteiger charge is -2.24. The number of hydrogen-bond donors (Lipinski definition) is 3. The summed E-state index contributed by atoms with van der Waals surface area (Å²) in [6, 6.07) is 0. The molecule has 1 saturated heterocycles. The molecule has 2 atom stereocenters. The van der Waals surface area contributed by atoms with Gasteiger partial charge in [0.05, 0.1) is 19.8 Å². The van der Waals surface area contributed by atoms with Gasteiger partial charge in [-0.3, -0.25) is 0 Å². The second kappa shape index (κ2) is 2.84. The molecule has 0 aliphatic carbocycles. The van der Waals surface area contributed by atoms with Gasteiger partial charge in [0.2, 0.25) is 0 Å². The summed E-state index contributed by atoms with van der Waals surface area (Å²) in [7, 11) is 0. The zero-order chi connectivity index (χ0) is 7.61.